The number of nitrogens with two attached hydrogens (primary N) is 2. The van der Waals surface area contributed by atoms with Crippen molar-refractivity contribution in [1.29, 1.82) is 0 Å². The number of carbonyl (C=O) groups excluding carboxylic acids is 2. The Bertz CT molecular complexity index is 1020. The fraction of sp³-hybridized carbons (Fsp3) is 0. The zero-order valence-electron chi connectivity index (χ0n) is 15.3. The maximum Gasteiger partial charge on any atom is 0.290 e. The molecule has 13 nitrogen and oxygen atoms in total. The lowest BCUT2D eigenvalue weighted by atomic mass is 10.3. The van der Waals surface area contributed by atoms with Crippen LogP contribution >= 0.6 is 0 Å². The standard InChI is InChI=1S/C17H15N11O2/c18-14(12-8-20-4-6-22-12)25-27-16(29)10-2-1-3-11(24-10)17(30)28-26-15(19)13-9-21-5-7-23-13/h1-9H,(H2,18,25)(H2,19,26)(H,27,29)(H,28,30). The van der Waals surface area contributed by atoms with Crippen LogP contribution < -0.4 is 22.3 Å². The first kappa shape index (κ1) is 19.9. The van der Waals surface area contributed by atoms with Crippen molar-refractivity contribution in [3.8, 4) is 0 Å². The predicted octanol–water partition coefficient (Wildman–Crippen LogP) is -1.24. The van der Waals surface area contributed by atoms with E-state index in [1.807, 2.05) is 0 Å². The quantitative estimate of drug-likeness (QED) is 0.220. The molecule has 0 fully saturated rings. The molecule has 3 aromatic rings. The summed E-state index contributed by atoms with van der Waals surface area (Å²) in [7, 11) is 0. The Morgan fingerprint density at radius 3 is 1.60 bits per heavy atom. The molecule has 0 aliphatic rings. The normalized spacial score (nSPS) is 11.6. The van der Waals surface area contributed by atoms with Gasteiger partial charge >= 0.3 is 0 Å². The zero-order valence-corrected chi connectivity index (χ0v) is 15.3. The first-order chi connectivity index (χ1) is 14.5. The van der Waals surface area contributed by atoms with Gasteiger partial charge in [-0.2, -0.15) is 10.2 Å². The molecule has 6 N–H and O–H groups in total. The van der Waals surface area contributed by atoms with Crippen LogP contribution in [0.15, 0.2) is 65.6 Å². The monoisotopic (exact) mass is 405 g/mol. The van der Waals surface area contributed by atoms with E-state index >= 15 is 0 Å². The molecule has 0 saturated heterocycles. The number of hydrogen-bond donors (Lipinski definition) is 4. The van der Waals surface area contributed by atoms with Gasteiger partial charge in [0.25, 0.3) is 11.8 Å². The summed E-state index contributed by atoms with van der Waals surface area (Å²) >= 11 is 0. The molecular weight excluding hydrogens is 390 g/mol. The maximum absolute atomic E-state index is 12.2. The van der Waals surface area contributed by atoms with Gasteiger partial charge in [-0.1, -0.05) is 6.07 Å². The number of amidine groups is 2. The molecule has 0 unspecified atom stereocenters. The van der Waals surface area contributed by atoms with Crippen LogP contribution in [0.3, 0.4) is 0 Å². The second kappa shape index (κ2) is 9.41. The molecule has 0 atom stereocenters. The van der Waals surface area contributed by atoms with E-state index in [1.54, 1.807) is 0 Å². The fourth-order valence-corrected chi connectivity index (χ4v) is 2.00. The number of hydrogen-bond acceptors (Lipinski definition) is 9. The van der Waals surface area contributed by atoms with E-state index in [9.17, 15) is 9.59 Å². The molecule has 0 saturated carbocycles. The number of nitrogens with zero attached hydrogens (tertiary/aromatic N) is 7. The minimum Gasteiger partial charge on any atom is -0.380 e. The molecule has 3 rings (SSSR count). The lowest BCUT2D eigenvalue weighted by Crippen LogP contribution is -2.27. The minimum absolute atomic E-state index is 0.0424. The van der Waals surface area contributed by atoms with E-state index in [0.29, 0.717) is 0 Å². The number of pyridine rings is 1. The number of hydrazone groups is 2. The van der Waals surface area contributed by atoms with E-state index in [4.69, 9.17) is 11.5 Å². The lowest BCUT2D eigenvalue weighted by Gasteiger charge is -2.04. The lowest BCUT2D eigenvalue weighted by molar-refractivity contribution is 0.0945. The Morgan fingerprint density at radius 1 is 0.733 bits per heavy atom. The molecular formula is C17H15N11O2. The van der Waals surface area contributed by atoms with Crippen LogP contribution in [0.1, 0.15) is 32.4 Å². The average Bonchev–Trinajstić information content (AvgIpc) is 2.81. The van der Waals surface area contributed by atoms with Gasteiger partial charge in [-0.3, -0.25) is 19.6 Å². The van der Waals surface area contributed by atoms with Gasteiger partial charge in [-0.15, -0.1) is 0 Å². The number of amides is 2. The maximum atomic E-state index is 12.2. The Morgan fingerprint density at radius 2 is 1.20 bits per heavy atom. The molecule has 0 aliphatic heterocycles. The topological polar surface area (TPSA) is 199 Å². The van der Waals surface area contributed by atoms with Crippen LogP contribution in [-0.2, 0) is 0 Å². The number of aromatic nitrogens is 5. The molecule has 13 heteroatoms. The first-order valence-electron chi connectivity index (χ1n) is 8.31. The summed E-state index contributed by atoms with van der Waals surface area (Å²) in [5.41, 5.74) is 16.4. The summed E-state index contributed by atoms with van der Waals surface area (Å²) in [6, 6.07) is 4.27. The second-order valence-electron chi connectivity index (χ2n) is 5.47. The van der Waals surface area contributed by atoms with Crippen molar-refractivity contribution in [2.45, 2.75) is 0 Å². The molecule has 0 radical (unpaired) electrons. The summed E-state index contributed by atoms with van der Waals surface area (Å²) in [5, 5.41) is 7.48. The summed E-state index contributed by atoms with van der Waals surface area (Å²) < 4.78 is 0. The van der Waals surface area contributed by atoms with Crippen LogP contribution in [0.2, 0.25) is 0 Å². The van der Waals surface area contributed by atoms with Crippen LogP contribution in [0.25, 0.3) is 0 Å². The van der Waals surface area contributed by atoms with Crippen molar-refractivity contribution in [1.82, 2.24) is 35.8 Å². The Kier molecular flexibility index (Phi) is 6.25. The molecule has 0 aromatic carbocycles. The van der Waals surface area contributed by atoms with E-state index in [-0.39, 0.29) is 34.4 Å². The third-order valence-corrected chi connectivity index (χ3v) is 3.42. The highest BCUT2D eigenvalue weighted by Gasteiger charge is 2.13. The van der Waals surface area contributed by atoms with Gasteiger partial charge in [0.15, 0.2) is 11.7 Å². The third-order valence-electron chi connectivity index (χ3n) is 3.42. The molecule has 30 heavy (non-hydrogen) atoms. The second-order valence-corrected chi connectivity index (χ2v) is 5.47. The molecule has 0 bridgehead atoms. The summed E-state index contributed by atoms with van der Waals surface area (Å²) in [5.74, 6) is -1.45. The van der Waals surface area contributed by atoms with E-state index in [1.165, 1.54) is 55.4 Å². The van der Waals surface area contributed by atoms with Crippen molar-refractivity contribution in [3.05, 3.63) is 78.2 Å². The molecule has 0 aliphatic carbocycles. The fourth-order valence-electron chi connectivity index (χ4n) is 2.00. The van der Waals surface area contributed by atoms with Gasteiger partial charge < -0.3 is 11.5 Å². The number of nitrogens with one attached hydrogen (secondary N) is 2. The van der Waals surface area contributed by atoms with Gasteiger partial charge in [-0.25, -0.2) is 25.8 Å². The van der Waals surface area contributed by atoms with Crippen molar-refractivity contribution in [2.24, 2.45) is 21.7 Å². The van der Waals surface area contributed by atoms with Gasteiger partial charge in [0.05, 0.1) is 12.4 Å². The molecule has 0 spiro atoms. The van der Waals surface area contributed by atoms with Crippen LogP contribution in [-0.4, -0.2) is 48.4 Å². The Hall–Kier alpha value is -4.81. The largest absolute Gasteiger partial charge is 0.380 e. The summed E-state index contributed by atoms with van der Waals surface area (Å²) in [4.78, 5) is 44.1. The minimum atomic E-state index is -0.681. The SMILES string of the molecule is N/C(=N\NC(=O)c1cccc(C(=O)N/N=C(\N)c2cnccn2)n1)c1cnccn1. The van der Waals surface area contributed by atoms with Gasteiger partial charge in [0.2, 0.25) is 0 Å². The highest BCUT2D eigenvalue weighted by molar-refractivity contribution is 6.00. The van der Waals surface area contributed by atoms with Gasteiger partial charge in [0, 0.05) is 24.8 Å². The number of carbonyl (C=O) groups is 2. The Labute approximate surface area is 169 Å². The smallest absolute Gasteiger partial charge is 0.290 e. The van der Waals surface area contributed by atoms with Crippen LogP contribution in [0.4, 0.5) is 0 Å². The predicted molar refractivity (Wildman–Crippen MR) is 105 cm³/mol. The summed E-state index contributed by atoms with van der Waals surface area (Å²) in [6.07, 6.45) is 8.59. The van der Waals surface area contributed by atoms with Crippen LogP contribution in [0.5, 0.6) is 0 Å². The van der Waals surface area contributed by atoms with Crippen molar-refractivity contribution >= 4 is 23.5 Å². The third kappa shape index (κ3) is 5.13. The highest BCUT2D eigenvalue weighted by atomic mass is 16.2. The molecule has 2 amide bonds. The van der Waals surface area contributed by atoms with E-state index < -0.39 is 11.8 Å². The van der Waals surface area contributed by atoms with Crippen molar-refractivity contribution in [2.75, 3.05) is 0 Å². The summed E-state index contributed by atoms with van der Waals surface area (Å²) in [6.45, 7) is 0. The zero-order chi connectivity index (χ0) is 21.3. The van der Waals surface area contributed by atoms with Crippen LogP contribution in [0, 0.1) is 0 Å². The van der Waals surface area contributed by atoms with Crippen molar-refractivity contribution < 1.29 is 9.59 Å². The van der Waals surface area contributed by atoms with E-state index in [0.717, 1.165) is 0 Å². The number of rotatable bonds is 6. The van der Waals surface area contributed by atoms with E-state index in [2.05, 4.69) is 46.0 Å². The molecule has 150 valence electrons. The van der Waals surface area contributed by atoms with Crippen molar-refractivity contribution in [3.63, 3.8) is 0 Å². The average molecular weight is 405 g/mol. The highest BCUT2D eigenvalue weighted by Crippen LogP contribution is 2.01. The van der Waals surface area contributed by atoms with Gasteiger partial charge in [-0.05, 0) is 12.1 Å². The van der Waals surface area contributed by atoms with Gasteiger partial charge in [0.1, 0.15) is 22.8 Å². The molecule has 3 aromatic heterocycles. The first-order valence-corrected chi connectivity index (χ1v) is 8.31. The molecule has 3 heterocycles. The Balaban J connectivity index is 1.66.